The van der Waals surface area contributed by atoms with Crippen LogP contribution in [0, 0.1) is 0 Å². The number of nitrogens with one attached hydrogen (secondary N) is 2. The van der Waals surface area contributed by atoms with Gasteiger partial charge in [0, 0.05) is 29.2 Å². The smallest absolute Gasteiger partial charge is 0.319 e. The van der Waals surface area contributed by atoms with E-state index in [-0.39, 0.29) is 6.03 Å². The molecule has 4 aromatic rings. The van der Waals surface area contributed by atoms with Crippen molar-refractivity contribution in [3.63, 3.8) is 0 Å². The number of aromatic nitrogens is 2. The van der Waals surface area contributed by atoms with Crippen LogP contribution in [-0.4, -0.2) is 28.2 Å². The number of ether oxygens (including phenoxy) is 1. The number of fused-ring (bicyclic) bond motifs is 1. The second-order valence-electron chi connectivity index (χ2n) is 9.46. The first-order valence-corrected chi connectivity index (χ1v) is 12.6. The lowest BCUT2D eigenvalue weighted by Crippen LogP contribution is -2.41. The monoisotopic (exact) mass is 470 g/mol. The Balaban J connectivity index is 1.43. The number of benzene rings is 2. The first kappa shape index (κ1) is 21.8. The zero-order valence-electron chi connectivity index (χ0n) is 19.9. The Morgan fingerprint density at radius 3 is 2.54 bits per heavy atom. The van der Waals surface area contributed by atoms with Crippen molar-refractivity contribution in [1.82, 2.24) is 14.9 Å². The highest BCUT2D eigenvalue weighted by molar-refractivity contribution is 6.04. The van der Waals surface area contributed by atoms with Crippen molar-refractivity contribution in [2.24, 2.45) is 0 Å². The SMILES string of the molecule is CCOc1ccc2c(-c3cnco3)c(-c3ccc(NC(=O)NC4CCC4)cc3)n(C3CCC3)c2c1. The van der Waals surface area contributed by atoms with Crippen LogP contribution in [0.1, 0.15) is 51.5 Å². The Bertz CT molecular complexity index is 1330. The van der Waals surface area contributed by atoms with Gasteiger partial charge in [-0.25, -0.2) is 9.78 Å². The minimum absolute atomic E-state index is 0.142. The van der Waals surface area contributed by atoms with E-state index in [9.17, 15) is 4.79 Å². The number of carbonyl (C=O) groups excluding carboxylic acids is 1. The Hall–Kier alpha value is -3.74. The summed E-state index contributed by atoms with van der Waals surface area (Å²) in [6, 6.07) is 15.0. The Morgan fingerprint density at radius 2 is 1.91 bits per heavy atom. The van der Waals surface area contributed by atoms with Crippen LogP contribution in [0.15, 0.2) is 59.5 Å². The number of rotatable bonds is 7. The van der Waals surface area contributed by atoms with Crippen LogP contribution >= 0.6 is 0 Å². The molecule has 2 aliphatic carbocycles. The highest BCUT2D eigenvalue weighted by Crippen LogP contribution is 2.47. The summed E-state index contributed by atoms with van der Waals surface area (Å²) < 4.78 is 14.1. The molecule has 2 amide bonds. The average molecular weight is 471 g/mol. The molecular weight excluding hydrogens is 440 g/mol. The molecule has 0 radical (unpaired) electrons. The number of amides is 2. The Morgan fingerprint density at radius 1 is 1.11 bits per heavy atom. The summed E-state index contributed by atoms with van der Waals surface area (Å²) in [7, 11) is 0. The first-order valence-electron chi connectivity index (χ1n) is 12.6. The standard InChI is InChI=1S/C28H30N4O3/c1-2-34-22-13-14-23-24(15-22)32(21-7-4-8-21)27(26(23)25-16-29-17-35-25)18-9-11-20(12-10-18)31-28(33)30-19-5-3-6-19/h9-17,19,21H,2-8H2,1H3,(H2,30,31,33). The number of anilines is 1. The number of carbonyl (C=O) groups is 1. The molecule has 2 N–H and O–H groups in total. The van der Waals surface area contributed by atoms with Gasteiger partial charge in [-0.3, -0.25) is 0 Å². The molecule has 2 aromatic carbocycles. The van der Waals surface area contributed by atoms with Crippen molar-refractivity contribution in [2.75, 3.05) is 11.9 Å². The lowest BCUT2D eigenvalue weighted by atomic mass is 9.92. The van der Waals surface area contributed by atoms with Gasteiger partial charge in [-0.15, -0.1) is 0 Å². The molecule has 35 heavy (non-hydrogen) atoms. The van der Waals surface area contributed by atoms with E-state index in [1.807, 2.05) is 25.1 Å². The van der Waals surface area contributed by atoms with Crippen molar-refractivity contribution < 1.29 is 13.9 Å². The third-order valence-electron chi connectivity index (χ3n) is 7.26. The van der Waals surface area contributed by atoms with Crippen LogP contribution in [0.2, 0.25) is 0 Å². The van der Waals surface area contributed by atoms with Crippen molar-refractivity contribution in [3.05, 3.63) is 55.1 Å². The second kappa shape index (κ2) is 9.13. The predicted octanol–water partition coefficient (Wildman–Crippen LogP) is 6.76. The van der Waals surface area contributed by atoms with E-state index in [0.717, 1.165) is 70.6 Å². The van der Waals surface area contributed by atoms with Gasteiger partial charge in [0.1, 0.15) is 5.75 Å². The van der Waals surface area contributed by atoms with Crippen LogP contribution in [0.5, 0.6) is 5.75 Å². The molecule has 0 atom stereocenters. The quantitative estimate of drug-likeness (QED) is 0.313. The highest BCUT2D eigenvalue weighted by atomic mass is 16.5. The van der Waals surface area contributed by atoms with Gasteiger partial charge in [0.05, 0.1) is 29.6 Å². The third kappa shape index (κ3) is 4.05. The maximum atomic E-state index is 12.3. The Labute approximate surface area is 204 Å². The summed E-state index contributed by atoms with van der Waals surface area (Å²) in [4.78, 5) is 16.5. The molecule has 7 heteroatoms. The van der Waals surface area contributed by atoms with E-state index in [1.54, 1.807) is 6.20 Å². The van der Waals surface area contributed by atoms with E-state index in [4.69, 9.17) is 9.15 Å². The van der Waals surface area contributed by atoms with Gasteiger partial charge in [-0.2, -0.15) is 0 Å². The van der Waals surface area contributed by atoms with Gasteiger partial charge in [-0.1, -0.05) is 12.1 Å². The van der Waals surface area contributed by atoms with Crippen molar-refractivity contribution in [2.45, 2.75) is 57.5 Å². The van der Waals surface area contributed by atoms with E-state index < -0.39 is 0 Å². The maximum absolute atomic E-state index is 12.3. The number of hydrogen-bond donors (Lipinski definition) is 2. The topological polar surface area (TPSA) is 81.3 Å². The van der Waals surface area contributed by atoms with Crippen molar-refractivity contribution in [3.8, 4) is 28.3 Å². The third-order valence-corrected chi connectivity index (χ3v) is 7.26. The second-order valence-corrected chi connectivity index (χ2v) is 9.46. The zero-order chi connectivity index (χ0) is 23.8. The molecule has 2 aliphatic rings. The summed E-state index contributed by atoms with van der Waals surface area (Å²) in [5.74, 6) is 1.61. The fourth-order valence-corrected chi connectivity index (χ4v) is 5.06. The average Bonchev–Trinajstić information content (AvgIpc) is 3.43. The van der Waals surface area contributed by atoms with Gasteiger partial charge in [0.15, 0.2) is 12.2 Å². The Kier molecular flexibility index (Phi) is 5.68. The van der Waals surface area contributed by atoms with Crippen LogP contribution in [0.3, 0.4) is 0 Å². The van der Waals surface area contributed by atoms with E-state index >= 15 is 0 Å². The number of oxazole rings is 1. The lowest BCUT2D eigenvalue weighted by molar-refractivity contribution is 0.240. The van der Waals surface area contributed by atoms with Crippen LogP contribution in [-0.2, 0) is 0 Å². The number of nitrogens with zero attached hydrogens (tertiary/aromatic N) is 2. The molecule has 2 saturated carbocycles. The summed E-state index contributed by atoms with van der Waals surface area (Å²) in [6.45, 7) is 2.63. The van der Waals surface area contributed by atoms with Gasteiger partial charge in [0.2, 0.25) is 0 Å². The summed E-state index contributed by atoms with van der Waals surface area (Å²) >= 11 is 0. The highest BCUT2D eigenvalue weighted by Gasteiger charge is 2.29. The number of urea groups is 1. The summed E-state index contributed by atoms with van der Waals surface area (Å²) in [5, 5.41) is 7.11. The van der Waals surface area contributed by atoms with E-state index in [1.165, 1.54) is 19.2 Å². The molecular formula is C28H30N4O3. The minimum Gasteiger partial charge on any atom is -0.494 e. The number of hydrogen-bond acceptors (Lipinski definition) is 4. The fraction of sp³-hybridized carbons (Fsp3) is 0.357. The molecule has 0 unspecified atom stereocenters. The minimum atomic E-state index is -0.142. The predicted molar refractivity (Wildman–Crippen MR) is 137 cm³/mol. The van der Waals surface area contributed by atoms with Gasteiger partial charge in [0.25, 0.3) is 0 Å². The molecule has 0 saturated heterocycles. The summed E-state index contributed by atoms with van der Waals surface area (Å²) in [5.41, 5.74) is 5.14. The van der Waals surface area contributed by atoms with Crippen molar-refractivity contribution in [1.29, 1.82) is 0 Å². The molecule has 0 bridgehead atoms. The van der Waals surface area contributed by atoms with Crippen LogP contribution in [0.25, 0.3) is 33.5 Å². The maximum Gasteiger partial charge on any atom is 0.319 e. The molecule has 0 spiro atoms. The van der Waals surface area contributed by atoms with Gasteiger partial charge < -0.3 is 24.4 Å². The molecule has 7 nitrogen and oxygen atoms in total. The largest absolute Gasteiger partial charge is 0.494 e. The lowest BCUT2D eigenvalue weighted by Gasteiger charge is -2.30. The molecule has 6 rings (SSSR count). The fourth-order valence-electron chi connectivity index (χ4n) is 5.06. The molecule has 2 aromatic heterocycles. The van der Waals surface area contributed by atoms with E-state index in [0.29, 0.717) is 18.7 Å². The van der Waals surface area contributed by atoms with Crippen LogP contribution in [0.4, 0.5) is 10.5 Å². The molecule has 0 aliphatic heterocycles. The van der Waals surface area contributed by atoms with Gasteiger partial charge >= 0.3 is 6.03 Å². The van der Waals surface area contributed by atoms with Gasteiger partial charge in [-0.05, 0) is 75.3 Å². The zero-order valence-corrected chi connectivity index (χ0v) is 19.9. The van der Waals surface area contributed by atoms with Crippen molar-refractivity contribution >= 4 is 22.6 Å². The molecule has 2 fully saturated rings. The molecule has 180 valence electrons. The summed E-state index contributed by atoms with van der Waals surface area (Å²) in [6.07, 6.45) is 10.1. The van der Waals surface area contributed by atoms with Crippen LogP contribution < -0.4 is 15.4 Å². The first-order chi connectivity index (χ1) is 17.2. The normalized spacial score (nSPS) is 16.0. The molecule has 2 heterocycles. The van der Waals surface area contributed by atoms with E-state index in [2.05, 4.69) is 44.5 Å².